The zero-order valence-electron chi connectivity index (χ0n) is 11.3. The summed E-state index contributed by atoms with van der Waals surface area (Å²) in [5.74, 6) is 0.188. The first kappa shape index (κ1) is 13.0. The van der Waals surface area contributed by atoms with Crippen molar-refractivity contribution in [2.24, 2.45) is 0 Å². The highest BCUT2D eigenvalue weighted by Crippen LogP contribution is 2.20. The molecule has 6 heteroatoms. The van der Waals surface area contributed by atoms with Crippen molar-refractivity contribution in [3.63, 3.8) is 0 Å². The third kappa shape index (κ3) is 2.94. The van der Waals surface area contributed by atoms with Crippen LogP contribution in [0.3, 0.4) is 0 Å². The predicted molar refractivity (Wildman–Crippen MR) is 76.7 cm³/mol. The van der Waals surface area contributed by atoms with Crippen molar-refractivity contribution in [1.29, 1.82) is 0 Å². The number of hydrogen-bond acceptors (Lipinski definition) is 5. The lowest BCUT2D eigenvalue weighted by Crippen LogP contribution is -2.12. The van der Waals surface area contributed by atoms with Crippen molar-refractivity contribution in [2.45, 2.75) is 6.92 Å². The van der Waals surface area contributed by atoms with Gasteiger partial charge in [0.15, 0.2) is 0 Å². The first-order chi connectivity index (χ1) is 10.2. The van der Waals surface area contributed by atoms with E-state index in [2.05, 4.69) is 20.5 Å². The SMILES string of the molecule is Cc1ccc(C(=O)Nc2cccc(-c3nnco3)c2)cn1. The third-order valence-corrected chi connectivity index (χ3v) is 2.90. The highest BCUT2D eigenvalue weighted by Gasteiger charge is 2.08. The molecule has 1 aromatic carbocycles. The maximum Gasteiger partial charge on any atom is 0.257 e. The molecule has 0 bridgehead atoms. The van der Waals surface area contributed by atoms with Crippen LogP contribution in [0.2, 0.25) is 0 Å². The maximum atomic E-state index is 12.1. The Hall–Kier alpha value is -3.02. The summed E-state index contributed by atoms with van der Waals surface area (Å²) in [4.78, 5) is 16.2. The average Bonchev–Trinajstić information content (AvgIpc) is 3.02. The number of hydrogen-bond donors (Lipinski definition) is 1. The molecule has 0 spiro atoms. The van der Waals surface area contributed by atoms with Crippen molar-refractivity contribution >= 4 is 11.6 Å². The van der Waals surface area contributed by atoms with Crippen LogP contribution in [-0.4, -0.2) is 21.1 Å². The fourth-order valence-corrected chi connectivity index (χ4v) is 1.83. The molecule has 3 rings (SSSR count). The van der Waals surface area contributed by atoms with E-state index in [9.17, 15) is 4.79 Å². The molecule has 1 amide bonds. The molecular formula is C15H12N4O2. The summed E-state index contributed by atoms with van der Waals surface area (Å²) in [6, 6.07) is 10.7. The molecule has 0 aliphatic heterocycles. The molecule has 0 saturated heterocycles. The Morgan fingerprint density at radius 3 is 2.86 bits per heavy atom. The second-order valence-corrected chi connectivity index (χ2v) is 4.47. The first-order valence-corrected chi connectivity index (χ1v) is 6.33. The Morgan fingerprint density at radius 2 is 2.14 bits per heavy atom. The van der Waals surface area contributed by atoms with Gasteiger partial charge in [0, 0.05) is 23.1 Å². The molecule has 1 N–H and O–H groups in total. The number of carbonyl (C=O) groups is 1. The van der Waals surface area contributed by atoms with Gasteiger partial charge in [0.2, 0.25) is 12.3 Å². The van der Waals surface area contributed by atoms with Gasteiger partial charge in [-0.25, -0.2) is 0 Å². The first-order valence-electron chi connectivity index (χ1n) is 6.33. The van der Waals surface area contributed by atoms with Gasteiger partial charge in [-0.1, -0.05) is 6.07 Å². The van der Waals surface area contributed by atoms with Crippen molar-refractivity contribution in [2.75, 3.05) is 5.32 Å². The van der Waals surface area contributed by atoms with Gasteiger partial charge in [-0.15, -0.1) is 10.2 Å². The van der Waals surface area contributed by atoms with Gasteiger partial charge in [-0.05, 0) is 37.3 Å². The average molecular weight is 280 g/mol. The van der Waals surface area contributed by atoms with E-state index in [0.29, 0.717) is 17.1 Å². The topological polar surface area (TPSA) is 80.9 Å². The smallest absolute Gasteiger partial charge is 0.257 e. The number of nitrogens with zero attached hydrogens (tertiary/aromatic N) is 3. The van der Waals surface area contributed by atoms with Gasteiger partial charge in [-0.2, -0.15) is 0 Å². The summed E-state index contributed by atoms with van der Waals surface area (Å²) in [7, 11) is 0. The van der Waals surface area contributed by atoms with Crippen LogP contribution in [0.15, 0.2) is 53.4 Å². The second kappa shape index (κ2) is 5.54. The quantitative estimate of drug-likeness (QED) is 0.797. The molecule has 2 aromatic heterocycles. The Kier molecular flexibility index (Phi) is 3.42. The van der Waals surface area contributed by atoms with E-state index in [1.54, 1.807) is 30.5 Å². The number of nitrogens with one attached hydrogen (secondary N) is 1. The molecule has 21 heavy (non-hydrogen) atoms. The number of aromatic nitrogens is 3. The van der Waals surface area contributed by atoms with E-state index < -0.39 is 0 Å². The fourth-order valence-electron chi connectivity index (χ4n) is 1.83. The maximum absolute atomic E-state index is 12.1. The van der Waals surface area contributed by atoms with Crippen LogP contribution in [-0.2, 0) is 0 Å². The summed E-state index contributed by atoms with van der Waals surface area (Å²) >= 11 is 0. The van der Waals surface area contributed by atoms with Crippen LogP contribution in [0.5, 0.6) is 0 Å². The van der Waals surface area contributed by atoms with E-state index >= 15 is 0 Å². The Labute approximate surface area is 120 Å². The van der Waals surface area contributed by atoms with Crippen LogP contribution in [0, 0.1) is 6.92 Å². The lowest BCUT2D eigenvalue weighted by Gasteiger charge is -2.06. The van der Waals surface area contributed by atoms with Gasteiger partial charge in [0.05, 0.1) is 5.56 Å². The molecule has 0 aliphatic carbocycles. The van der Waals surface area contributed by atoms with E-state index in [1.807, 2.05) is 19.1 Å². The minimum absolute atomic E-state index is 0.217. The lowest BCUT2D eigenvalue weighted by atomic mass is 10.2. The van der Waals surface area contributed by atoms with Crippen LogP contribution in [0.4, 0.5) is 5.69 Å². The molecule has 0 aliphatic rings. The zero-order valence-corrected chi connectivity index (χ0v) is 11.3. The molecule has 6 nitrogen and oxygen atoms in total. The summed E-state index contributed by atoms with van der Waals surface area (Å²) in [6.45, 7) is 1.87. The van der Waals surface area contributed by atoms with Crippen LogP contribution < -0.4 is 5.32 Å². The van der Waals surface area contributed by atoms with E-state index in [0.717, 1.165) is 11.3 Å². The van der Waals surface area contributed by atoms with Crippen molar-refractivity contribution in [1.82, 2.24) is 15.2 Å². The zero-order chi connectivity index (χ0) is 14.7. The summed E-state index contributed by atoms with van der Waals surface area (Å²) in [5, 5.41) is 10.3. The molecule has 2 heterocycles. The Morgan fingerprint density at radius 1 is 1.24 bits per heavy atom. The minimum atomic E-state index is -0.217. The fraction of sp³-hybridized carbons (Fsp3) is 0.0667. The lowest BCUT2D eigenvalue weighted by molar-refractivity contribution is 0.102. The predicted octanol–water partition coefficient (Wildman–Crippen LogP) is 2.69. The number of amides is 1. The summed E-state index contributed by atoms with van der Waals surface area (Å²) in [5.41, 5.74) is 2.76. The van der Waals surface area contributed by atoms with Crippen molar-refractivity contribution in [3.05, 3.63) is 60.2 Å². The van der Waals surface area contributed by atoms with Gasteiger partial charge in [0.1, 0.15) is 0 Å². The second-order valence-electron chi connectivity index (χ2n) is 4.47. The molecular weight excluding hydrogens is 268 g/mol. The van der Waals surface area contributed by atoms with E-state index in [4.69, 9.17) is 4.42 Å². The molecule has 0 atom stereocenters. The van der Waals surface area contributed by atoms with Gasteiger partial charge in [-0.3, -0.25) is 9.78 Å². The minimum Gasteiger partial charge on any atom is -0.423 e. The number of rotatable bonds is 3. The molecule has 0 radical (unpaired) electrons. The van der Waals surface area contributed by atoms with Crippen molar-refractivity contribution < 1.29 is 9.21 Å². The highest BCUT2D eigenvalue weighted by atomic mass is 16.4. The molecule has 3 aromatic rings. The van der Waals surface area contributed by atoms with Crippen LogP contribution in [0.1, 0.15) is 16.1 Å². The van der Waals surface area contributed by atoms with Gasteiger partial charge >= 0.3 is 0 Å². The number of pyridine rings is 1. The van der Waals surface area contributed by atoms with Crippen LogP contribution in [0.25, 0.3) is 11.5 Å². The normalized spacial score (nSPS) is 10.3. The van der Waals surface area contributed by atoms with Crippen LogP contribution >= 0.6 is 0 Å². The van der Waals surface area contributed by atoms with E-state index in [1.165, 1.54) is 6.39 Å². The summed E-state index contributed by atoms with van der Waals surface area (Å²) < 4.78 is 5.13. The molecule has 0 saturated carbocycles. The standard InChI is InChI=1S/C15H12N4O2/c1-10-5-6-12(8-16-10)14(20)18-13-4-2-3-11(7-13)15-19-17-9-21-15/h2-9H,1H3,(H,18,20). The summed E-state index contributed by atoms with van der Waals surface area (Å²) in [6.07, 6.45) is 2.81. The number of aryl methyl sites for hydroxylation is 1. The molecule has 0 fully saturated rings. The number of benzene rings is 1. The number of anilines is 1. The number of carbonyl (C=O) groups excluding carboxylic acids is 1. The monoisotopic (exact) mass is 280 g/mol. The highest BCUT2D eigenvalue weighted by molar-refractivity contribution is 6.04. The molecule has 0 unspecified atom stereocenters. The van der Waals surface area contributed by atoms with Gasteiger partial charge < -0.3 is 9.73 Å². The third-order valence-electron chi connectivity index (χ3n) is 2.90. The van der Waals surface area contributed by atoms with Gasteiger partial charge in [0.25, 0.3) is 5.91 Å². The molecule has 104 valence electrons. The Balaban J connectivity index is 1.80. The van der Waals surface area contributed by atoms with Crippen molar-refractivity contribution in [3.8, 4) is 11.5 Å². The van der Waals surface area contributed by atoms with E-state index in [-0.39, 0.29) is 5.91 Å². The Bertz CT molecular complexity index is 752. The largest absolute Gasteiger partial charge is 0.423 e.